The van der Waals surface area contributed by atoms with Crippen LogP contribution in [-0.2, 0) is 13.1 Å². The van der Waals surface area contributed by atoms with Crippen molar-refractivity contribution in [1.82, 2.24) is 15.1 Å². The van der Waals surface area contributed by atoms with Crippen molar-refractivity contribution in [3.63, 3.8) is 0 Å². The molecule has 1 N–H and O–H groups in total. The number of nitrogens with zero attached hydrogens (tertiary/aromatic N) is 2. The van der Waals surface area contributed by atoms with Crippen LogP contribution in [0, 0.1) is 19.8 Å². The van der Waals surface area contributed by atoms with Gasteiger partial charge in [-0.3, -0.25) is 4.68 Å². The lowest BCUT2D eigenvalue weighted by Crippen LogP contribution is -2.19. The molecular formula is C15H23N3O. The van der Waals surface area contributed by atoms with Crippen molar-refractivity contribution >= 4 is 0 Å². The van der Waals surface area contributed by atoms with Crippen LogP contribution in [0.1, 0.15) is 36.6 Å². The third-order valence-electron chi connectivity index (χ3n) is 3.14. The molecule has 2 heterocycles. The molecular weight excluding hydrogens is 238 g/mol. The Bertz CT molecular complexity index is 525. The van der Waals surface area contributed by atoms with Gasteiger partial charge in [0.25, 0.3) is 0 Å². The van der Waals surface area contributed by atoms with Crippen LogP contribution in [0.5, 0.6) is 0 Å². The van der Waals surface area contributed by atoms with E-state index in [0.717, 1.165) is 30.3 Å². The molecule has 0 radical (unpaired) electrons. The molecule has 19 heavy (non-hydrogen) atoms. The van der Waals surface area contributed by atoms with Crippen LogP contribution in [0.15, 0.2) is 22.7 Å². The minimum Gasteiger partial charge on any atom is -0.462 e. The first-order chi connectivity index (χ1) is 9.06. The summed E-state index contributed by atoms with van der Waals surface area (Å²) in [5.41, 5.74) is 2.35. The van der Waals surface area contributed by atoms with Crippen LogP contribution in [0.25, 0.3) is 0 Å². The fourth-order valence-corrected chi connectivity index (χ4v) is 2.03. The Hall–Kier alpha value is -1.55. The first-order valence-corrected chi connectivity index (χ1v) is 6.83. The summed E-state index contributed by atoms with van der Waals surface area (Å²) in [5, 5.41) is 7.69. The number of hydrogen-bond donors (Lipinski definition) is 1. The lowest BCUT2D eigenvalue weighted by molar-refractivity contribution is 0.419. The molecule has 0 atom stereocenters. The average molecular weight is 261 g/mol. The normalized spacial score (nSPS) is 11.4. The van der Waals surface area contributed by atoms with Crippen molar-refractivity contribution in [2.75, 3.05) is 6.54 Å². The fourth-order valence-electron chi connectivity index (χ4n) is 2.03. The topological polar surface area (TPSA) is 43.0 Å². The zero-order valence-electron chi connectivity index (χ0n) is 12.2. The summed E-state index contributed by atoms with van der Waals surface area (Å²) in [6.07, 6.45) is 1.82. The number of aromatic nitrogens is 2. The van der Waals surface area contributed by atoms with Crippen molar-refractivity contribution in [3.8, 4) is 0 Å². The van der Waals surface area contributed by atoms with Gasteiger partial charge in [0, 0.05) is 11.9 Å². The molecule has 0 aliphatic rings. The van der Waals surface area contributed by atoms with Gasteiger partial charge in [-0.25, -0.2) is 0 Å². The maximum absolute atomic E-state index is 5.90. The largest absolute Gasteiger partial charge is 0.462 e. The van der Waals surface area contributed by atoms with E-state index in [1.54, 1.807) is 0 Å². The van der Waals surface area contributed by atoms with E-state index in [-0.39, 0.29) is 0 Å². The van der Waals surface area contributed by atoms with Gasteiger partial charge in [-0.2, -0.15) is 5.10 Å². The van der Waals surface area contributed by atoms with E-state index in [9.17, 15) is 0 Å². The zero-order chi connectivity index (χ0) is 13.8. The van der Waals surface area contributed by atoms with Crippen LogP contribution < -0.4 is 5.32 Å². The predicted molar refractivity (Wildman–Crippen MR) is 76.1 cm³/mol. The summed E-state index contributed by atoms with van der Waals surface area (Å²) in [6, 6.07) is 4.11. The third kappa shape index (κ3) is 3.70. The van der Waals surface area contributed by atoms with E-state index in [0.29, 0.717) is 12.5 Å². The van der Waals surface area contributed by atoms with Gasteiger partial charge < -0.3 is 9.73 Å². The maximum atomic E-state index is 5.90. The molecule has 2 aromatic rings. The monoisotopic (exact) mass is 261 g/mol. The Kier molecular flexibility index (Phi) is 4.43. The molecule has 0 saturated heterocycles. The predicted octanol–water partition coefficient (Wildman–Crippen LogP) is 2.89. The lowest BCUT2D eigenvalue weighted by atomic mass is 10.2. The highest BCUT2D eigenvalue weighted by molar-refractivity contribution is 5.20. The van der Waals surface area contributed by atoms with Crippen LogP contribution in [0.3, 0.4) is 0 Å². The van der Waals surface area contributed by atoms with Crippen molar-refractivity contribution in [2.24, 2.45) is 5.92 Å². The molecule has 0 aromatic carbocycles. The highest BCUT2D eigenvalue weighted by atomic mass is 16.3. The van der Waals surface area contributed by atoms with Crippen LogP contribution in [0.2, 0.25) is 0 Å². The molecule has 4 nitrogen and oxygen atoms in total. The van der Waals surface area contributed by atoms with E-state index in [1.165, 1.54) is 5.56 Å². The van der Waals surface area contributed by atoms with Crippen molar-refractivity contribution in [3.05, 3.63) is 41.1 Å². The van der Waals surface area contributed by atoms with Gasteiger partial charge in [0.1, 0.15) is 11.5 Å². The molecule has 0 bridgehead atoms. The quantitative estimate of drug-likeness (QED) is 0.869. The first kappa shape index (κ1) is 13.9. The molecule has 0 unspecified atom stereocenters. The molecule has 0 spiro atoms. The molecule has 2 rings (SSSR count). The Morgan fingerprint density at radius 3 is 2.79 bits per heavy atom. The lowest BCUT2D eigenvalue weighted by Gasteiger charge is -2.06. The van der Waals surface area contributed by atoms with Gasteiger partial charge in [0.05, 0.1) is 13.1 Å². The Morgan fingerprint density at radius 1 is 1.37 bits per heavy atom. The number of furan rings is 1. The van der Waals surface area contributed by atoms with E-state index in [1.807, 2.05) is 23.9 Å². The van der Waals surface area contributed by atoms with Gasteiger partial charge in [0.15, 0.2) is 0 Å². The smallest absolute Gasteiger partial charge is 0.126 e. The van der Waals surface area contributed by atoms with E-state index < -0.39 is 0 Å². The molecule has 0 aliphatic carbocycles. The van der Waals surface area contributed by atoms with Gasteiger partial charge in [0.2, 0.25) is 0 Å². The second-order valence-corrected chi connectivity index (χ2v) is 5.47. The van der Waals surface area contributed by atoms with Crippen molar-refractivity contribution in [1.29, 1.82) is 0 Å². The second-order valence-electron chi connectivity index (χ2n) is 5.47. The molecule has 0 aliphatic heterocycles. The molecule has 0 fully saturated rings. The summed E-state index contributed by atoms with van der Waals surface area (Å²) in [7, 11) is 0. The number of rotatable bonds is 6. The summed E-state index contributed by atoms with van der Waals surface area (Å²) in [5.74, 6) is 2.65. The van der Waals surface area contributed by atoms with Gasteiger partial charge >= 0.3 is 0 Å². The summed E-state index contributed by atoms with van der Waals surface area (Å²) in [4.78, 5) is 0. The van der Waals surface area contributed by atoms with Crippen molar-refractivity contribution < 1.29 is 4.42 Å². The molecule has 0 amide bonds. The molecule has 2 aromatic heterocycles. The Morgan fingerprint density at radius 2 is 2.16 bits per heavy atom. The van der Waals surface area contributed by atoms with Crippen LogP contribution in [-0.4, -0.2) is 16.3 Å². The van der Waals surface area contributed by atoms with Gasteiger partial charge in [-0.05, 0) is 44.0 Å². The second kappa shape index (κ2) is 6.06. The number of aryl methyl sites for hydroxylation is 2. The zero-order valence-corrected chi connectivity index (χ0v) is 12.2. The highest BCUT2D eigenvalue weighted by Crippen LogP contribution is 2.16. The fraction of sp³-hybridized carbons (Fsp3) is 0.533. The van der Waals surface area contributed by atoms with Crippen LogP contribution in [0.4, 0.5) is 0 Å². The Balaban J connectivity index is 1.98. The third-order valence-corrected chi connectivity index (χ3v) is 3.14. The van der Waals surface area contributed by atoms with Gasteiger partial charge in [-0.15, -0.1) is 0 Å². The van der Waals surface area contributed by atoms with E-state index in [2.05, 4.69) is 37.3 Å². The maximum Gasteiger partial charge on any atom is 0.126 e. The summed E-state index contributed by atoms with van der Waals surface area (Å²) in [6.45, 7) is 11.0. The molecule has 4 heteroatoms. The average Bonchev–Trinajstić information content (AvgIpc) is 2.87. The SMILES string of the molecule is Cc1cc(Cn2nccc2C)oc1CNCC(C)C. The van der Waals surface area contributed by atoms with Crippen molar-refractivity contribution in [2.45, 2.75) is 40.8 Å². The van der Waals surface area contributed by atoms with Gasteiger partial charge in [-0.1, -0.05) is 13.8 Å². The van der Waals surface area contributed by atoms with Crippen LogP contribution >= 0.6 is 0 Å². The molecule has 104 valence electrons. The Labute approximate surface area is 114 Å². The summed E-state index contributed by atoms with van der Waals surface area (Å²) >= 11 is 0. The van der Waals surface area contributed by atoms with E-state index >= 15 is 0 Å². The standard InChI is InChI=1S/C15H23N3O/c1-11(2)8-16-9-15-12(3)7-14(19-15)10-18-13(4)5-6-17-18/h5-7,11,16H,8-10H2,1-4H3. The minimum absolute atomic E-state index is 0.654. The number of hydrogen-bond acceptors (Lipinski definition) is 3. The summed E-state index contributed by atoms with van der Waals surface area (Å²) < 4.78 is 7.85. The minimum atomic E-state index is 0.654. The molecule has 0 saturated carbocycles. The first-order valence-electron chi connectivity index (χ1n) is 6.83. The van der Waals surface area contributed by atoms with E-state index in [4.69, 9.17) is 4.42 Å². The highest BCUT2D eigenvalue weighted by Gasteiger charge is 2.09. The number of nitrogens with one attached hydrogen (secondary N) is 1.